The predicted molar refractivity (Wildman–Crippen MR) is 77.9 cm³/mol. The van der Waals surface area contributed by atoms with Crippen molar-refractivity contribution in [2.45, 2.75) is 25.7 Å². The molecule has 1 atom stereocenters. The van der Waals surface area contributed by atoms with Crippen LogP contribution in [0, 0.1) is 5.92 Å². The van der Waals surface area contributed by atoms with Crippen LogP contribution in [0.25, 0.3) is 0 Å². The highest BCUT2D eigenvalue weighted by Crippen LogP contribution is 2.13. The minimum atomic E-state index is 0.117. The van der Waals surface area contributed by atoms with Crippen LogP contribution in [0.1, 0.15) is 24.8 Å². The summed E-state index contributed by atoms with van der Waals surface area (Å²) in [6.07, 6.45) is 3.54. The summed E-state index contributed by atoms with van der Waals surface area (Å²) in [5, 5.41) is 3.00. The summed E-state index contributed by atoms with van der Waals surface area (Å²) in [6.45, 7) is 2.38. The molecule has 1 N–H and O–H groups in total. The first-order valence-corrected chi connectivity index (χ1v) is 7.25. The third kappa shape index (κ3) is 4.85. The lowest BCUT2D eigenvalue weighted by Gasteiger charge is -2.22. The van der Waals surface area contributed by atoms with Crippen LogP contribution in [0.15, 0.2) is 24.3 Å². The number of rotatable bonds is 6. The lowest BCUT2D eigenvalue weighted by atomic mass is 10.0. The molecule has 110 valence electrons. The molecule has 1 heterocycles. The molecular formula is C16H23NO3. The molecule has 1 fully saturated rings. The van der Waals surface area contributed by atoms with Crippen molar-refractivity contribution < 1.29 is 14.3 Å². The van der Waals surface area contributed by atoms with E-state index in [1.165, 1.54) is 0 Å². The minimum absolute atomic E-state index is 0.117. The number of aryl methyl sites for hydroxylation is 1. The number of carbonyl (C=O) groups is 1. The molecule has 0 aromatic heterocycles. The molecule has 1 saturated heterocycles. The molecule has 1 amide bonds. The van der Waals surface area contributed by atoms with E-state index < -0.39 is 0 Å². The third-order valence-electron chi connectivity index (χ3n) is 3.64. The molecular weight excluding hydrogens is 254 g/mol. The van der Waals surface area contributed by atoms with Gasteiger partial charge in [-0.15, -0.1) is 0 Å². The van der Waals surface area contributed by atoms with E-state index in [9.17, 15) is 4.79 Å². The van der Waals surface area contributed by atoms with Gasteiger partial charge in [-0.1, -0.05) is 12.1 Å². The van der Waals surface area contributed by atoms with Gasteiger partial charge in [0.1, 0.15) is 5.75 Å². The summed E-state index contributed by atoms with van der Waals surface area (Å²) in [6, 6.07) is 7.85. The van der Waals surface area contributed by atoms with Crippen molar-refractivity contribution in [3.8, 4) is 5.75 Å². The third-order valence-corrected chi connectivity index (χ3v) is 3.64. The first-order chi connectivity index (χ1) is 9.78. The van der Waals surface area contributed by atoms with E-state index in [0.29, 0.717) is 12.3 Å². The zero-order valence-corrected chi connectivity index (χ0v) is 12.1. The van der Waals surface area contributed by atoms with E-state index in [-0.39, 0.29) is 5.91 Å². The first-order valence-electron chi connectivity index (χ1n) is 7.25. The van der Waals surface area contributed by atoms with Crippen LogP contribution in [-0.4, -0.2) is 32.8 Å². The van der Waals surface area contributed by atoms with Crippen LogP contribution in [0.5, 0.6) is 5.75 Å². The molecule has 0 radical (unpaired) electrons. The van der Waals surface area contributed by atoms with Crippen LogP contribution < -0.4 is 10.1 Å². The molecule has 1 aliphatic rings. The fraction of sp³-hybridized carbons (Fsp3) is 0.562. The van der Waals surface area contributed by atoms with Crippen LogP contribution in [0.4, 0.5) is 0 Å². The zero-order valence-electron chi connectivity index (χ0n) is 12.1. The Balaban J connectivity index is 1.66. The minimum Gasteiger partial charge on any atom is -0.497 e. The molecule has 1 aliphatic heterocycles. The largest absolute Gasteiger partial charge is 0.497 e. The van der Waals surface area contributed by atoms with E-state index in [2.05, 4.69) is 5.32 Å². The summed E-state index contributed by atoms with van der Waals surface area (Å²) >= 11 is 0. The van der Waals surface area contributed by atoms with Crippen molar-refractivity contribution in [3.05, 3.63) is 29.8 Å². The average molecular weight is 277 g/mol. The normalized spacial score (nSPS) is 18.6. The fourth-order valence-electron chi connectivity index (χ4n) is 2.37. The molecule has 1 aromatic rings. The smallest absolute Gasteiger partial charge is 0.220 e. The van der Waals surface area contributed by atoms with Gasteiger partial charge in [-0.3, -0.25) is 4.79 Å². The van der Waals surface area contributed by atoms with Gasteiger partial charge in [0.2, 0.25) is 5.91 Å². The molecule has 2 rings (SSSR count). The van der Waals surface area contributed by atoms with Crippen molar-refractivity contribution in [1.29, 1.82) is 0 Å². The summed E-state index contributed by atoms with van der Waals surface area (Å²) in [4.78, 5) is 11.8. The SMILES string of the molecule is COc1ccc(CCC(=O)NCC2CCCOC2)cc1. The number of benzene rings is 1. The quantitative estimate of drug-likeness (QED) is 0.867. The summed E-state index contributed by atoms with van der Waals surface area (Å²) in [7, 11) is 1.65. The van der Waals surface area contributed by atoms with Gasteiger partial charge in [0, 0.05) is 19.6 Å². The number of nitrogens with one attached hydrogen (secondary N) is 1. The Labute approximate surface area is 120 Å². The summed E-state index contributed by atoms with van der Waals surface area (Å²) in [5.74, 6) is 1.44. The van der Waals surface area contributed by atoms with Crippen molar-refractivity contribution in [3.63, 3.8) is 0 Å². The van der Waals surface area contributed by atoms with E-state index in [1.54, 1.807) is 7.11 Å². The highest BCUT2D eigenvalue weighted by Gasteiger charge is 2.14. The Kier molecular flexibility index (Phi) is 5.87. The lowest BCUT2D eigenvalue weighted by Crippen LogP contribution is -2.33. The number of amides is 1. The standard InChI is InChI=1S/C16H23NO3/c1-19-15-7-4-13(5-8-15)6-9-16(18)17-11-14-3-2-10-20-12-14/h4-5,7-8,14H,2-3,6,9-12H2,1H3,(H,17,18). The highest BCUT2D eigenvalue weighted by atomic mass is 16.5. The second kappa shape index (κ2) is 7.90. The number of hydrogen-bond acceptors (Lipinski definition) is 3. The lowest BCUT2D eigenvalue weighted by molar-refractivity contribution is -0.121. The zero-order chi connectivity index (χ0) is 14.2. The maximum Gasteiger partial charge on any atom is 0.220 e. The van der Waals surface area contributed by atoms with Gasteiger partial charge >= 0.3 is 0 Å². The Hall–Kier alpha value is -1.55. The molecule has 4 nitrogen and oxygen atoms in total. The monoisotopic (exact) mass is 277 g/mol. The van der Waals surface area contributed by atoms with Gasteiger partial charge in [0.15, 0.2) is 0 Å². The number of hydrogen-bond donors (Lipinski definition) is 1. The van der Waals surface area contributed by atoms with Gasteiger partial charge in [-0.05, 0) is 42.9 Å². The van der Waals surface area contributed by atoms with E-state index in [1.807, 2.05) is 24.3 Å². The number of ether oxygens (including phenoxy) is 2. The molecule has 1 unspecified atom stereocenters. The first kappa shape index (κ1) is 14.9. The van der Waals surface area contributed by atoms with Crippen LogP contribution in [0.2, 0.25) is 0 Å². The Morgan fingerprint density at radius 3 is 2.85 bits per heavy atom. The average Bonchev–Trinajstić information content (AvgIpc) is 2.52. The number of carbonyl (C=O) groups excluding carboxylic acids is 1. The van der Waals surface area contributed by atoms with Gasteiger partial charge in [-0.2, -0.15) is 0 Å². The van der Waals surface area contributed by atoms with Crippen molar-refractivity contribution >= 4 is 5.91 Å². The molecule has 0 aliphatic carbocycles. The maximum atomic E-state index is 11.8. The van der Waals surface area contributed by atoms with Gasteiger partial charge in [0.05, 0.1) is 13.7 Å². The Bertz CT molecular complexity index is 410. The predicted octanol–water partition coefficient (Wildman–Crippen LogP) is 2.17. The molecule has 20 heavy (non-hydrogen) atoms. The summed E-state index contributed by atoms with van der Waals surface area (Å²) in [5.41, 5.74) is 1.15. The molecule has 0 bridgehead atoms. The van der Waals surface area contributed by atoms with Crippen molar-refractivity contribution in [1.82, 2.24) is 5.32 Å². The van der Waals surface area contributed by atoms with E-state index >= 15 is 0 Å². The van der Waals surface area contributed by atoms with Gasteiger partial charge in [0.25, 0.3) is 0 Å². The molecule has 4 heteroatoms. The van der Waals surface area contributed by atoms with E-state index in [4.69, 9.17) is 9.47 Å². The number of methoxy groups -OCH3 is 1. The van der Waals surface area contributed by atoms with Gasteiger partial charge < -0.3 is 14.8 Å². The Morgan fingerprint density at radius 2 is 2.20 bits per heavy atom. The second-order valence-electron chi connectivity index (χ2n) is 5.24. The van der Waals surface area contributed by atoms with Gasteiger partial charge in [-0.25, -0.2) is 0 Å². The van der Waals surface area contributed by atoms with Crippen LogP contribution in [-0.2, 0) is 16.0 Å². The van der Waals surface area contributed by atoms with Crippen LogP contribution >= 0.6 is 0 Å². The van der Waals surface area contributed by atoms with Crippen molar-refractivity contribution in [2.75, 3.05) is 26.9 Å². The fourth-order valence-corrected chi connectivity index (χ4v) is 2.37. The maximum absolute atomic E-state index is 11.8. The second-order valence-corrected chi connectivity index (χ2v) is 5.24. The van der Waals surface area contributed by atoms with Crippen molar-refractivity contribution in [2.24, 2.45) is 5.92 Å². The molecule has 0 spiro atoms. The molecule has 1 aromatic carbocycles. The summed E-state index contributed by atoms with van der Waals surface area (Å²) < 4.78 is 10.5. The highest BCUT2D eigenvalue weighted by molar-refractivity contribution is 5.76. The van der Waals surface area contributed by atoms with Crippen LogP contribution in [0.3, 0.4) is 0 Å². The Morgan fingerprint density at radius 1 is 1.40 bits per heavy atom. The topological polar surface area (TPSA) is 47.6 Å². The van der Waals surface area contributed by atoms with E-state index in [0.717, 1.165) is 50.3 Å². The molecule has 0 saturated carbocycles.